The highest BCUT2D eigenvalue weighted by Gasteiger charge is 2.31. The summed E-state index contributed by atoms with van der Waals surface area (Å²) in [4.78, 5) is 32.2. The fourth-order valence-electron chi connectivity index (χ4n) is 4.17. The monoisotopic (exact) mass is 509 g/mol. The average Bonchev–Trinajstić information content (AvgIpc) is 3.23. The minimum absolute atomic E-state index is 0.0358. The molecule has 0 bridgehead atoms. The van der Waals surface area contributed by atoms with Crippen molar-refractivity contribution in [3.05, 3.63) is 72.1 Å². The predicted molar refractivity (Wildman–Crippen MR) is 137 cm³/mol. The number of aromatic nitrogens is 2. The van der Waals surface area contributed by atoms with Crippen molar-refractivity contribution in [2.75, 3.05) is 39.0 Å². The van der Waals surface area contributed by atoms with Gasteiger partial charge in [-0.1, -0.05) is 18.2 Å². The van der Waals surface area contributed by atoms with Gasteiger partial charge < -0.3 is 15.6 Å². The summed E-state index contributed by atoms with van der Waals surface area (Å²) in [6.45, 7) is -0.162. The van der Waals surface area contributed by atoms with Crippen LogP contribution in [0.4, 0.5) is 14.5 Å². The van der Waals surface area contributed by atoms with Crippen LogP contribution < -0.4 is 10.7 Å². The maximum atomic E-state index is 14.3. The molecule has 1 aliphatic heterocycles. The number of aliphatic imine (C=N–C) groups is 1. The van der Waals surface area contributed by atoms with Crippen molar-refractivity contribution >= 4 is 23.3 Å². The standard InChI is InChI=1S/C26H29F2N7O2/c1-33(2)32-24-15-35(26(37)18(12-29-24)11-21-22(27)8-5-9-23(21)28)16-25(36)31-20-7-4-6-17(10-20)19-13-30-34(3)14-19/h4-10,13-14,18H,11-12,15-16H2,1-3H3,(H,29,32)(H,31,36). The molecule has 0 fully saturated rings. The minimum atomic E-state index is -0.824. The molecule has 2 N–H and O–H groups in total. The number of carbonyl (C=O) groups excluding carboxylic acids is 2. The van der Waals surface area contributed by atoms with Crippen LogP contribution in [0, 0.1) is 17.6 Å². The van der Waals surface area contributed by atoms with Crippen LogP contribution in [0.15, 0.2) is 59.9 Å². The van der Waals surface area contributed by atoms with Gasteiger partial charge in [-0.3, -0.25) is 19.3 Å². The Balaban J connectivity index is 1.51. The van der Waals surface area contributed by atoms with Gasteiger partial charge in [0.2, 0.25) is 11.8 Å². The molecule has 194 valence electrons. The number of aryl methyl sites for hydroxylation is 1. The lowest BCUT2D eigenvalue weighted by Gasteiger charge is -2.25. The molecule has 37 heavy (non-hydrogen) atoms. The van der Waals surface area contributed by atoms with Crippen molar-refractivity contribution in [3.8, 4) is 11.1 Å². The molecule has 0 saturated carbocycles. The summed E-state index contributed by atoms with van der Waals surface area (Å²) in [5, 5.41) is 8.67. The number of rotatable bonds is 7. The van der Waals surface area contributed by atoms with E-state index in [1.807, 2.05) is 31.4 Å². The van der Waals surface area contributed by atoms with Crippen LogP contribution in [-0.4, -0.2) is 71.1 Å². The van der Waals surface area contributed by atoms with Crippen LogP contribution in [0.5, 0.6) is 0 Å². The third-order valence-corrected chi connectivity index (χ3v) is 5.89. The summed E-state index contributed by atoms with van der Waals surface area (Å²) in [7, 11) is 5.37. The van der Waals surface area contributed by atoms with E-state index in [0.717, 1.165) is 23.3 Å². The van der Waals surface area contributed by atoms with Crippen molar-refractivity contribution in [1.29, 1.82) is 0 Å². The third-order valence-electron chi connectivity index (χ3n) is 5.89. The van der Waals surface area contributed by atoms with Gasteiger partial charge in [-0.25, -0.2) is 13.8 Å². The first-order valence-electron chi connectivity index (χ1n) is 11.8. The smallest absolute Gasteiger partial charge is 0.244 e. The van der Waals surface area contributed by atoms with Gasteiger partial charge in [0.15, 0.2) is 0 Å². The lowest BCUT2D eigenvalue weighted by Crippen LogP contribution is -2.47. The third kappa shape index (κ3) is 6.56. The number of nitrogens with zero attached hydrogens (tertiary/aromatic N) is 5. The predicted octanol–water partition coefficient (Wildman–Crippen LogP) is 2.47. The Morgan fingerprint density at radius 3 is 2.54 bits per heavy atom. The second kappa shape index (κ2) is 11.3. The van der Waals surface area contributed by atoms with Crippen LogP contribution in [-0.2, 0) is 23.1 Å². The molecule has 1 atom stereocenters. The van der Waals surface area contributed by atoms with E-state index >= 15 is 0 Å². The zero-order chi connectivity index (χ0) is 26.5. The van der Waals surface area contributed by atoms with Crippen LogP contribution in [0.1, 0.15) is 5.56 Å². The Kier molecular flexibility index (Phi) is 7.92. The molecule has 4 rings (SSSR count). The van der Waals surface area contributed by atoms with Crippen molar-refractivity contribution in [1.82, 2.24) is 25.1 Å². The number of halogens is 2. The van der Waals surface area contributed by atoms with Gasteiger partial charge in [0.1, 0.15) is 24.0 Å². The zero-order valence-electron chi connectivity index (χ0n) is 20.9. The Bertz CT molecular complexity index is 1300. The fourth-order valence-corrected chi connectivity index (χ4v) is 4.17. The molecule has 9 nitrogen and oxygen atoms in total. The average molecular weight is 510 g/mol. The van der Waals surface area contributed by atoms with Gasteiger partial charge >= 0.3 is 0 Å². The Hall–Kier alpha value is -4.12. The van der Waals surface area contributed by atoms with Crippen molar-refractivity contribution in [2.45, 2.75) is 6.42 Å². The molecule has 1 unspecified atom stereocenters. The highest BCUT2D eigenvalue weighted by molar-refractivity contribution is 5.97. The highest BCUT2D eigenvalue weighted by Crippen LogP contribution is 2.23. The van der Waals surface area contributed by atoms with Gasteiger partial charge in [0.05, 0.1) is 25.2 Å². The molecule has 0 saturated heterocycles. The number of nitrogens with one attached hydrogen (secondary N) is 2. The summed E-state index contributed by atoms with van der Waals surface area (Å²) >= 11 is 0. The van der Waals surface area contributed by atoms with Crippen LogP contribution in [0.25, 0.3) is 11.1 Å². The van der Waals surface area contributed by atoms with E-state index in [0.29, 0.717) is 11.5 Å². The summed E-state index contributed by atoms with van der Waals surface area (Å²) in [6.07, 6.45) is 3.43. The molecule has 2 heterocycles. The summed E-state index contributed by atoms with van der Waals surface area (Å²) in [6, 6.07) is 10.9. The Morgan fingerprint density at radius 2 is 1.86 bits per heavy atom. The van der Waals surface area contributed by atoms with E-state index in [2.05, 4.69) is 20.8 Å². The van der Waals surface area contributed by atoms with E-state index in [-0.39, 0.29) is 31.6 Å². The van der Waals surface area contributed by atoms with Crippen LogP contribution in [0.2, 0.25) is 0 Å². The minimum Gasteiger partial charge on any atom is -0.326 e. The highest BCUT2D eigenvalue weighted by atomic mass is 19.1. The molecule has 0 spiro atoms. The van der Waals surface area contributed by atoms with Crippen molar-refractivity contribution < 1.29 is 18.4 Å². The number of hydrogen-bond acceptors (Lipinski definition) is 6. The molecular formula is C26H29F2N7O2. The number of amides is 2. The molecule has 1 aliphatic rings. The second-order valence-corrected chi connectivity index (χ2v) is 9.12. The lowest BCUT2D eigenvalue weighted by atomic mass is 9.97. The lowest BCUT2D eigenvalue weighted by molar-refractivity contribution is -0.137. The maximum absolute atomic E-state index is 14.3. The fraction of sp³-hybridized carbons (Fsp3) is 0.308. The zero-order valence-corrected chi connectivity index (χ0v) is 20.9. The van der Waals surface area contributed by atoms with Crippen LogP contribution >= 0.6 is 0 Å². The van der Waals surface area contributed by atoms with Gasteiger partial charge in [-0.15, -0.1) is 0 Å². The Morgan fingerprint density at radius 1 is 1.14 bits per heavy atom. The number of hydrogen-bond donors (Lipinski definition) is 2. The number of amidine groups is 1. The first-order valence-corrected chi connectivity index (χ1v) is 11.8. The molecule has 1 aromatic heterocycles. The van der Waals surface area contributed by atoms with Crippen LogP contribution in [0.3, 0.4) is 0 Å². The summed E-state index contributed by atoms with van der Waals surface area (Å²) in [5.41, 5.74) is 5.22. The SMILES string of the molecule is CN(C)NC1=NCC(Cc2c(F)cccc2F)C(=O)N(CC(=O)Nc2cccc(-c3cnn(C)c3)c2)C1. The maximum Gasteiger partial charge on any atom is 0.244 e. The normalized spacial score (nSPS) is 15.9. The molecule has 2 amide bonds. The van der Waals surface area contributed by atoms with E-state index in [1.54, 1.807) is 36.0 Å². The molecular weight excluding hydrogens is 480 g/mol. The van der Waals surface area contributed by atoms with E-state index in [4.69, 9.17) is 0 Å². The largest absolute Gasteiger partial charge is 0.326 e. The molecule has 3 aromatic rings. The Labute approximate surface area is 213 Å². The number of carbonyl (C=O) groups is 2. The van der Waals surface area contributed by atoms with Gasteiger partial charge in [0, 0.05) is 44.2 Å². The molecule has 11 heteroatoms. The van der Waals surface area contributed by atoms with E-state index < -0.39 is 29.4 Å². The van der Waals surface area contributed by atoms with Gasteiger partial charge in [-0.05, 0) is 36.2 Å². The number of anilines is 1. The first kappa shape index (κ1) is 26.0. The molecule has 0 radical (unpaired) electrons. The van der Waals surface area contributed by atoms with Crippen molar-refractivity contribution in [2.24, 2.45) is 18.0 Å². The van der Waals surface area contributed by atoms with Gasteiger partial charge in [-0.2, -0.15) is 5.10 Å². The van der Waals surface area contributed by atoms with Crippen molar-refractivity contribution in [3.63, 3.8) is 0 Å². The summed E-state index contributed by atoms with van der Waals surface area (Å²) < 4.78 is 30.3. The molecule has 2 aromatic carbocycles. The molecule has 0 aliphatic carbocycles. The first-order chi connectivity index (χ1) is 17.7. The van der Waals surface area contributed by atoms with E-state index in [1.165, 1.54) is 11.0 Å². The van der Waals surface area contributed by atoms with Gasteiger partial charge in [0.25, 0.3) is 0 Å². The summed E-state index contributed by atoms with van der Waals surface area (Å²) in [5.74, 6) is -2.59. The number of hydrazine groups is 1. The second-order valence-electron chi connectivity index (χ2n) is 9.12. The topological polar surface area (TPSA) is 94.9 Å². The number of benzene rings is 2. The quantitative estimate of drug-likeness (QED) is 0.478. The van der Waals surface area contributed by atoms with E-state index in [9.17, 15) is 18.4 Å².